The number of nitrogens with two attached hydrogens (primary N) is 1. The largest absolute Gasteiger partial charge is 0.409 e. The van der Waals surface area contributed by atoms with Crippen LogP contribution in [0, 0.1) is 11.8 Å². The molecule has 1 unspecified atom stereocenters. The van der Waals surface area contributed by atoms with Crippen LogP contribution in [-0.2, 0) is 4.74 Å². The lowest BCUT2D eigenvalue weighted by Crippen LogP contribution is -2.32. The van der Waals surface area contributed by atoms with Gasteiger partial charge in [-0.05, 0) is 12.3 Å². The third kappa shape index (κ3) is 8.49. The van der Waals surface area contributed by atoms with E-state index in [2.05, 4.69) is 24.3 Å². The summed E-state index contributed by atoms with van der Waals surface area (Å²) in [5, 5.41) is 14.6. The SMILES string of the molecule is CC(C)CCOCCNCC(C)C(N)=NO. The van der Waals surface area contributed by atoms with Crippen LogP contribution in [0.2, 0.25) is 0 Å². The number of nitrogens with zero attached hydrogens (tertiary/aromatic N) is 1. The van der Waals surface area contributed by atoms with Gasteiger partial charge >= 0.3 is 0 Å². The summed E-state index contributed by atoms with van der Waals surface area (Å²) in [6, 6.07) is 0. The van der Waals surface area contributed by atoms with Gasteiger partial charge in [0.1, 0.15) is 5.84 Å². The Hall–Kier alpha value is -0.810. The Morgan fingerprint density at radius 3 is 2.62 bits per heavy atom. The van der Waals surface area contributed by atoms with E-state index in [1.165, 1.54) is 0 Å². The van der Waals surface area contributed by atoms with Gasteiger partial charge in [-0.15, -0.1) is 0 Å². The van der Waals surface area contributed by atoms with E-state index >= 15 is 0 Å². The summed E-state index contributed by atoms with van der Waals surface area (Å²) in [5.74, 6) is 0.988. The number of hydrogen-bond donors (Lipinski definition) is 3. The molecule has 0 amide bonds. The summed E-state index contributed by atoms with van der Waals surface area (Å²) in [4.78, 5) is 0. The quantitative estimate of drug-likeness (QED) is 0.182. The summed E-state index contributed by atoms with van der Waals surface area (Å²) in [6.45, 7) is 9.28. The molecule has 0 aromatic rings. The zero-order chi connectivity index (χ0) is 12.4. The third-order valence-electron chi connectivity index (χ3n) is 2.33. The Balaban J connectivity index is 3.27. The fourth-order valence-electron chi connectivity index (χ4n) is 1.09. The van der Waals surface area contributed by atoms with E-state index < -0.39 is 0 Å². The van der Waals surface area contributed by atoms with E-state index in [0.717, 1.165) is 19.6 Å². The topological polar surface area (TPSA) is 79.9 Å². The summed E-state index contributed by atoms with van der Waals surface area (Å²) >= 11 is 0. The molecule has 0 heterocycles. The van der Waals surface area contributed by atoms with Crippen LogP contribution in [-0.4, -0.2) is 37.3 Å². The van der Waals surface area contributed by atoms with E-state index in [0.29, 0.717) is 19.1 Å². The number of amidine groups is 1. The molecular weight excluding hydrogens is 206 g/mol. The van der Waals surface area contributed by atoms with E-state index in [9.17, 15) is 0 Å². The second-order valence-electron chi connectivity index (χ2n) is 4.42. The Labute approximate surface area is 98.0 Å². The van der Waals surface area contributed by atoms with E-state index in [-0.39, 0.29) is 11.8 Å². The van der Waals surface area contributed by atoms with Crippen molar-refractivity contribution in [1.29, 1.82) is 0 Å². The standard InChI is InChI=1S/C11H25N3O2/c1-9(2)4-6-16-7-5-13-8-10(3)11(12)14-15/h9-10,13,15H,4-8H2,1-3H3,(H2,12,14). The van der Waals surface area contributed by atoms with Crippen molar-refractivity contribution in [3.05, 3.63) is 0 Å². The molecule has 96 valence electrons. The highest BCUT2D eigenvalue weighted by molar-refractivity contribution is 5.82. The van der Waals surface area contributed by atoms with Gasteiger partial charge in [0.25, 0.3) is 0 Å². The first kappa shape index (κ1) is 15.2. The van der Waals surface area contributed by atoms with Gasteiger partial charge in [0, 0.05) is 25.6 Å². The Morgan fingerprint density at radius 1 is 1.38 bits per heavy atom. The molecule has 0 aromatic heterocycles. The lowest BCUT2D eigenvalue weighted by Gasteiger charge is -2.11. The third-order valence-corrected chi connectivity index (χ3v) is 2.33. The molecule has 0 fully saturated rings. The molecule has 0 rings (SSSR count). The predicted molar refractivity (Wildman–Crippen MR) is 65.7 cm³/mol. The normalized spacial score (nSPS) is 14.4. The molecule has 0 radical (unpaired) electrons. The van der Waals surface area contributed by atoms with Gasteiger partial charge < -0.3 is 21.0 Å². The van der Waals surface area contributed by atoms with Crippen LogP contribution in [0.15, 0.2) is 5.16 Å². The monoisotopic (exact) mass is 231 g/mol. The van der Waals surface area contributed by atoms with Crippen LogP contribution in [0.3, 0.4) is 0 Å². The van der Waals surface area contributed by atoms with Gasteiger partial charge in [-0.25, -0.2) is 0 Å². The van der Waals surface area contributed by atoms with Gasteiger partial charge in [-0.3, -0.25) is 0 Å². The molecule has 5 nitrogen and oxygen atoms in total. The lowest BCUT2D eigenvalue weighted by atomic mass is 10.1. The summed E-state index contributed by atoms with van der Waals surface area (Å²) in [5.41, 5.74) is 5.44. The van der Waals surface area contributed by atoms with Crippen molar-refractivity contribution in [3.63, 3.8) is 0 Å². The highest BCUT2D eigenvalue weighted by Gasteiger charge is 2.05. The van der Waals surface area contributed by atoms with Gasteiger partial charge in [0.15, 0.2) is 0 Å². The molecule has 0 spiro atoms. The first-order valence-corrected chi connectivity index (χ1v) is 5.83. The van der Waals surface area contributed by atoms with Gasteiger partial charge in [0.2, 0.25) is 0 Å². The van der Waals surface area contributed by atoms with Crippen molar-refractivity contribution in [3.8, 4) is 0 Å². The maximum Gasteiger partial charge on any atom is 0.143 e. The molecule has 0 aliphatic rings. The molecule has 0 aromatic carbocycles. The first-order valence-electron chi connectivity index (χ1n) is 5.83. The van der Waals surface area contributed by atoms with Crippen LogP contribution < -0.4 is 11.1 Å². The van der Waals surface area contributed by atoms with Crippen LogP contribution in [0.4, 0.5) is 0 Å². The number of rotatable bonds is 9. The minimum atomic E-state index is 0.0423. The Morgan fingerprint density at radius 2 is 2.06 bits per heavy atom. The van der Waals surface area contributed by atoms with Crippen LogP contribution in [0.25, 0.3) is 0 Å². The van der Waals surface area contributed by atoms with Crippen LogP contribution in [0.5, 0.6) is 0 Å². The maximum absolute atomic E-state index is 8.44. The molecule has 0 aliphatic heterocycles. The molecule has 16 heavy (non-hydrogen) atoms. The van der Waals surface area contributed by atoms with Crippen molar-refractivity contribution in [2.75, 3.05) is 26.3 Å². The van der Waals surface area contributed by atoms with Crippen molar-refractivity contribution in [2.45, 2.75) is 27.2 Å². The average molecular weight is 231 g/mol. The minimum absolute atomic E-state index is 0.0423. The predicted octanol–water partition coefficient (Wildman–Crippen LogP) is 1.02. The molecule has 0 aliphatic carbocycles. The highest BCUT2D eigenvalue weighted by atomic mass is 16.5. The highest BCUT2D eigenvalue weighted by Crippen LogP contribution is 1.98. The fourth-order valence-corrected chi connectivity index (χ4v) is 1.09. The van der Waals surface area contributed by atoms with Gasteiger partial charge in [-0.2, -0.15) is 0 Å². The zero-order valence-corrected chi connectivity index (χ0v) is 10.6. The Bertz CT molecular complexity index is 196. The lowest BCUT2D eigenvalue weighted by molar-refractivity contribution is 0.125. The number of oxime groups is 1. The zero-order valence-electron chi connectivity index (χ0n) is 10.6. The van der Waals surface area contributed by atoms with E-state index in [4.69, 9.17) is 15.7 Å². The van der Waals surface area contributed by atoms with E-state index in [1.807, 2.05) is 6.92 Å². The Kier molecular flexibility index (Phi) is 8.94. The summed E-state index contributed by atoms with van der Waals surface area (Å²) in [6.07, 6.45) is 1.10. The smallest absolute Gasteiger partial charge is 0.143 e. The molecule has 0 saturated heterocycles. The first-order chi connectivity index (χ1) is 7.57. The summed E-state index contributed by atoms with van der Waals surface area (Å²) < 4.78 is 5.44. The van der Waals surface area contributed by atoms with E-state index in [1.54, 1.807) is 0 Å². The molecular formula is C11H25N3O2. The molecule has 4 N–H and O–H groups in total. The molecule has 5 heteroatoms. The maximum atomic E-state index is 8.44. The van der Waals surface area contributed by atoms with Crippen molar-refractivity contribution < 1.29 is 9.94 Å². The van der Waals surface area contributed by atoms with Crippen molar-refractivity contribution in [2.24, 2.45) is 22.7 Å². The number of hydrogen-bond acceptors (Lipinski definition) is 4. The summed E-state index contributed by atoms with van der Waals surface area (Å²) in [7, 11) is 0. The molecule has 1 atom stereocenters. The van der Waals surface area contributed by atoms with Gasteiger partial charge in [-0.1, -0.05) is 25.9 Å². The number of nitrogens with one attached hydrogen (secondary N) is 1. The van der Waals surface area contributed by atoms with Gasteiger partial charge in [0.05, 0.1) is 6.61 Å². The van der Waals surface area contributed by atoms with Crippen molar-refractivity contribution >= 4 is 5.84 Å². The van der Waals surface area contributed by atoms with Crippen LogP contribution in [0.1, 0.15) is 27.2 Å². The second-order valence-corrected chi connectivity index (χ2v) is 4.42. The van der Waals surface area contributed by atoms with Crippen molar-refractivity contribution in [1.82, 2.24) is 5.32 Å². The fraction of sp³-hybridized carbons (Fsp3) is 0.909. The second kappa shape index (κ2) is 9.42. The minimum Gasteiger partial charge on any atom is -0.409 e. The molecule has 0 saturated carbocycles. The average Bonchev–Trinajstić information content (AvgIpc) is 2.25. The number of ether oxygens (including phenoxy) is 1. The molecule has 0 bridgehead atoms. The van der Waals surface area contributed by atoms with Crippen LogP contribution >= 0.6 is 0 Å².